The predicted molar refractivity (Wildman–Crippen MR) is 95.6 cm³/mol. The number of hydrogen-bond donors (Lipinski definition) is 1. The number of morpholine rings is 1. The topological polar surface area (TPSA) is 54.5 Å². The van der Waals surface area contributed by atoms with Gasteiger partial charge in [0.2, 0.25) is 0 Å². The lowest BCUT2D eigenvalue weighted by molar-refractivity contribution is 0.0900. The number of nitrogens with one attached hydrogen (secondary N) is 1. The average Bonchev–Trinajstić information content (AvgIpc) is 3.36. The predicted octanol–water partition coefficient (Wildman–Crippen LogP) is 2.47. The standard InChI is InChI=1S/C20H27N3O2/c24-20(13-4-5-19(21-12-13)23-6-8-25-9-7-23)22-18-11-14-10-17(18)16-3-1-2-15(14)16/h4-5,12,14-18H,1-3,6-11H2,(H,22,24)/t14-,15-,16-,17+,18-/m1/s1. The van der Waals surface area contributed by atoms with Crippen molar-refractivity contribution >= 4 is 11.7 Å². The van der Waals surface area contributed by atoms with Crippen molar-refractivity contribution in [3.63, 3.8) is 0 Å². The molecule has 5 heteroatoms. The van der Waals surface area contributed by atoms with E-state index in [9.17, 15) is 4.79 Å². The van der Waals surface area contributed by atoms with Crippen molar-refractivity contribution in [3.8, 4) is 0 Å². The molecule has 2 heterocycles. The second-order valence-corrected chi connectivity index (χ2v) is 8.24. The zero-order chi connectivity index (χ0) is 16.8. The summed E-state index contributed by atoms with van der Waals surface area (Å²) in [5, 5.41) is 3.33. The van der Waals surface area contributed by atoms with Crippen molar-refractivity contribution in [1.82, 2.24) is 10.3 Å². The first-order valence-electron chi connectivity index (χ1n) is 9.89. The molecule has 1 saturated heterocycles. The Labute approximate surface area is 149 Å². The van der Waals surface area contributed by atoms with E-state index in [1.54, 1.807) is 6.20 Å². The van der Waals surface area contributed by atoms with E-state index in [0.717, 1.165) is 55.8 Å². The van der Waals surface area contributed by atoms with Crippen LogP contribution in [0.5, 0.6) is 0 Å². The van der Waals surface area contributed by atoms with Gasteiger partial charge in [0.05, 0.1) is 18.8 Å². The Kier molecular flexibility index (Phi) is 3.92. The second kappa shape index (κ2) is 6.27. The van der Waals surface area contributed by atoms with Gasteiger partial charge < -0.3 is 15.0 Å². The minimum atomic E-state index is 0.0492. The van der Waals surface area contributed by atoms with Gasteiger partial charge in [-0.05, 0) is 61.5 Å². The van der Waals surface area contributed by atoms with Crippen molar-refractivity contribution in [2.24, 2.45) is 23.7 Å². The van der Waals surface area contributed by atoms with Gasteiger partial charge in [0, 0.05) is 25.3 Å². The number of anilines is 1. The molecule has 3 saturated carbocycles. The lowest BCUT2D eigenvalue weighted by Crippen LogP contribution is -2.42. The number of carbonyl (C=O) groups is 1. The van der Waals surface area contributed by atoms with Crippen LogP contribution in [-0.2, 0) is 4.74 Å². The van der Waals surface area contributed by atoms with Crippen LogP contribution in [0.4, 0.5) is 5.82 Å². The van der Waals surface area contributed by atoms with Gasteiger partial charge in [-0.25, -0.2) is 4.98 Å². The van der Waals surface area contributed by atoms with Crippen molar-refractivity contribution in [1.29, 1.82) is 0 Å². The lowest BCUT2D eigenvalue weighted by atomic mass is 9.79. The van der Waals surface area contributed by atoms with E-state index >= 15 is 0 Å². The van der Waals surface area contributed by atoms with E-state index in [0.29, 0.717) is 11.6 Å². The van der Waals surface area contributed by atoms with E-state index < -0.39 is 0 Å². The lowest BCUT2D eigenvalue weighted by Gasteiger charge is -2.32. The van der Waals surface area contributed by atoms with Crippen molar-refractivity contribution < 1.29 is 9.53 Å². The van der Waals surface area contributed by atoms with Crippen LogP contribution < -0.4 is 10.2 Å². The molecule has 0 aromatic carbocycles. The summed E-state index contributed by atoms with van der Waals surface area (Å²) in [6.07, 6.45) is 8.47. The fourth-order valence-corrected chi connectivity index (χ4v) is 5.99. The summed E-state index contributed by atoms with van der Waals surface area (Å²) >= 11 is 0. The highest BCUT2D eigenvalue weighted by Crippen LogP contribution is 2.58. The van der Waals surface area contributed by atoms with E-state index in [2.05, 4.69) is 15.2 Å². The molecule has 3 aliphatic carbocycles. The Morgan fingerprint density at radius 2 is 1.96 bits per heavy atom. The quantitative estimate of drug-likeness (QED) is 0.918. The molecule has 4 aliphatic rings. The first-order chi connectivity index (χ1) is 12.3. The molecular weight excluding hydrogens is 314 g/mol. The number of ether oxygens (including phenoxy) is 1. The fraction of sp³-hybridized carbons (Fsp3) is 0.700. The molecule has 1 amide bonds. The highest BCUT2D eigenvalue weighted by Gasteiger charge is 2.54. The Morgan fingerprint density at radius 3 is 2.76 bits per heavy atom. The molecule has 1 N–H and O–H groups in total. The molecule has 1 aromatic heterocycles. The fourth-order valence-electron chi connectivity index (χ4n) is 5.99. The Balaban J connectivity index is 1.23. The van der Waals surface area contributed by atoms with Gasteiger partial charge in [-0.1, -0.05) is 6.42 Å². The maximum absolute atomic E-state index is 12.7. The maximum Gasteiger partial charge on any atom is 0.253 e. The number of carbonyl (C=O) groups excluding carboxylic acids is 1. The second-order valence-electron chi connectivity index (χ2n) is 8.24. The van der Waals surface area contributed by atoms with Gasteiger partial charge >= 0.3 is 0 Å². The number of amides is 1. The SMILES string of the molecule is O=C(N[C@@H]1C[C@H]2C[C@H]1[C@@H]1CCC[C@H]21)c1ccc(N2CCOCC2)nc1. The third-order valence-electron chi connectivity index (χ3n) is 7.09. The Hall–Kier alpha value is -1.62. The van der Waals surface area contributed by atoms with Crippen molar-refractivity contribution in [2.75, 3.05) is 31.2 Å². The molecular formula is C20H27N3O2. The van der Waals surface area contributed by atoms with Crippen LogP contribution in [0.2, 0.25) is 0 Å². The number of rotatable bonds is 3. The van der Waals surface area contributed by atoms with E-state index in [4.69, 9.17) is 4.74 Å². The van der Waals surface area contributed by atoms with E-state index in [1.165, 1.54) is 32.1 Å². The van der Waals surface area contributed by atoms with Crippen LogP contribution >= 0.6 is 0 Å². The van der Waals surface area contributed by atoms with Crippen LogP contribution in [0.15, 0.2) is 18.3 Å². The van der Waals surface area contributed by atoms with Gasteiger partial charge in [0.1, 0.15) is 5.82 Å². The minimum absolute atomic E-state index is 0.0492. The van der Waals surface area contributed by atoms with Crippen LogP contribution in [0.3, 0.4) is 0 Å². The monoisotopic (exact) mass is 341 g/mol. The number of fused-ring (bicyclic) bond motifs is 5. The number of hydrogen-bond acceptors (Lipinski definition) is 4. The molecule has 25 heavy (non-hydrogen) atoms. The smallest absolute Gasteiger partial charge is 0.253 e. The van der Waals surface area contributed by atoms with Crippen LogP contribution in [0.1, 0.15) is 42.5 Å². The van der Waals surface area contributed by atoms with Gasteiger partial charge in [-0.3, -0.25) is 4.79 Å². The third-order valence-corrected chi connectivity index (χ3v) is 7.09. The van der Waals surface area contributed by atoms with Gasteiger partial charge in [0.25, 0.3) is 5.91 Å². The number of nitrogens with zero attached hydrogens (tertiary/aromatic N) is 2. The Morgan fingerprint density at radius 1 is 1.12 bits per heavy atom. The molecule has 0 radical (unpaired) electrons. The largest absolute Gasteiger partial charge is 0.378 e. The highest BCUT2D eigenvalue weighted by atomic mass is 16.5. The van der Waals surface area contributed by atoms with Crippen LogP contribution in [-0.4, -0.2) is 43.2 Å². The summed E-state index contributed by atoms with van der Waals surface area (Å²) in [6.45, 7) is 3.23. The molecule has 5 atom stereocenters. The summed E-state index contributed by atoms with van der Waals surface area (Å²) in [4.78, 5) is 19.4. The van der Waals surface area contributed by atoms with Crippen molar-refractivity contribution in [3.05, 3.63) is 23.9 Å². The molecule has 4 fully saturated rings. The molecule has 5 rings (SSSR count). The Bertz CT molecular complexity index is 641. The number of pyridine rings is 1. The van der Waals surface area contributed by atoms with Gasteiger partial charge in [-0.15, -0.1) is 0 Å². The summed E-state index contributed by atoms with van der Waals surface area (Å²) < 4.78 is 5.38. The summed E-state index contributed by atoms with van der Waals surface area (Å²) in [6, 6.07) is 4.27. The van der Waals surface area contributed by atoms with Crippen LogP contribution in [0, 0.1) is 23.7 Å². The zero-order valence-corrected chi connectivity index (χ0v) is 14.7. The average molecular weight is 341 g/mol. The molecule has 0 unspecified atom stereocenters. The number of aromatic nitrogens is 1. The maximum atomic E-state index is 12.7. The zero-order valence-electron chi connectivity index (χ0n) is 14.7. The first-order valence-corrected chi connectivity index (χ1v) is 9.89. The molecule has 0 spiro atoms. The summed E-state index contributed by atoms with van der Waals surface area (Å²) in [5.41, 5.74) is 0.683. The van der Waals surface area contributed by atoms with Crippen molar-refractivity contribution in [2.45, 2.75) is 38.1 Å². The first kappa shape index (κ1) is 15.6. The van der Waals surface area contributed by atoms with Crippen LogP contribution in [0.25, 0.3) is 0 Å². The van der Waals surface area contributed by atoms with Gasteiger partial charge in [-0.2, -0.15) is 0 Å². The molecule has 2 bridgehead atoms. The summed E-state index contributed by atoms with van der Waals surface area (Å²) in [5.74, 6) is 4.42. The molecule has 5 nitrogen and oxygen atoms in total. The van der Waals surface area contributed by atoms with E-state index in [-0.39, 0.29) is 5.91 Å². The highest BCUT2D eigenvalue weighted by molar-refractivity contribution is 5.94. The molecule has 1 aliphatic heterocycles. The van der Waals surface area contributed by atoms with Gasteiger partial charge in [0.15, 0.2) is 0 Å². The minimum Gasteiger partial charge on any atom is -0.378 e. The molecule has 134 valence electrons. The summed E-state index contributed by atoms with van der Waals surface area (Å²) in [7, 11) is 0. The normalized spacial score (nSPS) is 36.5. The van der Waals surface area contributed by atoms with E-state index in [1.807, 2.05) is 12.1 Å². The third kappa shape index (κ3) is 2.73. The molecule has 1 aromatic rings.